The molecule has 0 fully saturated rings. The molecule has 0 aliphatic rings. The molecule has 3 heterocycles. The topological polar surface area (TPSA) is 77.3 Å². The summed E-state index contributed by atoms with van der Waals surface area (Å²) in [6, 6.07) is 142. The third-order valence-electron chi connectivity index (χ3n) is 21.6. The van der Waals surface area contributed by atoms with Gasteiger partial charge in [-0.2, -0.15) is 0 Å². The summed E-state index contributed by atoms with van der Waals surface area (Å²) >= 11 is 0. The lowest BCUT2D eigenvalue weighted by atomic mass is 9.76. The Bertz CT molecular complexity index is 6380. The molecular formula is C114H70N6. The highest BCUT2D eigenvalue weighted by atomic mass is 14.8. The van der Waals surface area contributed by atoms with Crippen LogP contribution in [0, 0.1) is 47.7 Å². The average Bonchev–Trinajstić information content (AvgIpc) is 0.725. The largest absolute Gasteiger partial charge is 0.244 e. The molecule has 0 aliphatic heterocycles. The van der Waals surface area contributed by atoms with E-state index >= 15 is 0 Å². The molecule has 0 atom stereocenters. The zero-order valence-corrected chi connectivity index (χ0v) is 65.1. The number of hydrogen-bond donors (Lipinski definition) is 0. The SMILES string of the molecule is C(#Cc1cncnc1)c1c#cc(-c2c(-c3ccccc3)cc(-c3cc(-c4cc(-c5ccccc5)c(-c5ccc(C#Cc6cncnc6)cc5)c(-c5ccccc5)c4-c4ccccc4)cc(-c4cc(-c5ccccc5)c(-c5ccc(C#Cc6cncnc6)cc5)c(-c5ccccc5)c4-c4ccccc4)c3)c(-c3ccccc3)c2-c2ccccc2)cc1. The average molecular weight is 1520 g/mol. The van der Waals surface area contributed by atoms with Gasteiger partial charge in [-0.25, -0.2) is 29.9 Å². The van der Waals surface area contributed by atoms with E-state index in [1.165, 1.54) is 19.0 Å². The fourth-order valence-corrected chi connectivity index (χ4v) is 16.2. The van der Waals surface area contributed by atoms with Crippen molar-refractivity contribution < 1.29 is 0 Å². The highest BCUT2D eigenvalue weighted by Crippen LogP contribution is 2.57. The van der Waals surface area contributed by atoms with Gasteiger partial charge in [0.15, 0.2) is 0 Å². The molecule has 0 spiro atoms. The van der Waals surface area contributed by atoms with Crippen LogP contribution in [0.5, 0.6) is 0 Å². The molecule has 19 rings (SSSR count). The molecule has 0 amide bonds. The van der Waals surface area contributed by atoms with E-state index in [0.717, 1.165) is 189 Å². The molecule has 556 valence electrons. The summed E-state index contributed by atoms with van der Waals surface area (Å²) in [5.74, 6) is 20.0. The zero-order valence-electron chi connectivity index (χ0n) is 65.1. The monoisotopic (exact) mass is 1520 g/mol. The standard InChI is InChI=1S/C114H70N6/c1-10-28-85(29-11-1)100-67-103(106(88-34-16-4-17-35-88)112(91-40-22-7-23-41-91)109(100)94-58-52-79(53-59-94)46-49-82-70-115-76-116-71-82)97-64-98(104-68-101(86-30-12-2-13-31-86)110(95-60-54-80(55-61-95)47-50-83-72-117-77-118-73-83)113(92-42-24-8-25-43-92)107(104)89-36-18-5-19-37-89)66-99(65-97)105-69-102(87-32-14-3-15-33-87)111(96-62-56-81(57-63-96)48-51-84-74-119-78-120-75-84)114(93-44-26-9-27-45-93)108(105)90-38-20-6-21-39-90/h1-45,52-56,58-62,64-78H. The third-order valence-corrected chi connectivity index (χ3v) is 21.6. The summed E-state index contributed by atoms with van der Waals surface area (Å²) in [5.41, 5.74) is 35.7. The molecule has 0 saturated heterocycles. The van der Waals surface area contributed by atoms with Crippen LogP contribution < -0.4 is 0 Å². The van der Waals surface area contributed by atoms with Crippen molar-refractivity contribution in [3.63, 3.8) is 0 Å². The first-order chi connectivity index (χ1) is 59.5. The Morgan fingerprint density at radius 1 is 0.158 bits per heavy atom. The molecular weight excluding hydrogens is 1450 g/mol. The molecule has 16 aromatic carbocycles. The maximum atomic E-state index is 4.25. The van der Waals surface area contributed by atoms with Crippen LogP contribution in [0.1, 0.15) is 33.4 Å². The second-order valence-electron chi connectivity index (χ2n) is 29.1. The molecule has 0 radical (unpaired) electrons. The second kappa shape index (κ2) is 34.1. The molecule has 0 bridgehead atoms. The van der Waals surface area contributed by atoms with Crippen LogP contribution in [0.25, 0.3) is 167 Å². The molecule has 6 heteroatoms. The fourth-order valence-electron chi connectivity index (χ4n) is 16.2. The van der Waals surface area contributed by atoms with E-state index in [2.05, 4.69) is 442 Å². The minimum absolute atomic E-state index is 0.689. The first-order valence-corrected chi connectivity index (χ1v) is 39.8. The molecule has 0 aliphatic carbocycles. The Morgan fingerprint density at radius 3 is 0.658 bits per heavy atom. The number of benzene rings is 15. The summed E-state index contributed by atoms with van der Waals surface area (Å²) in [6.45, 7) is 0. The van der Waals surface area contributed by atoms with Crippen molar-refractivity contribution in [2.45, 2.75) is 0 Å². The zero-order chi connectivity index (χ0) is 80.2. The van der Waals surface area contributed by atoms with Gasteiger partial charge in [0, 0.05) is 59.4 Å². The Kier molecular flexibility index (Phi) is 20.9. The Balaban J connectivity index is 0.976. The maximum absolute atomic E-state index is 4.25. The van der Waals surface area contributed by atoms with Gasteiger partial charge < -0.3 is 0 Å². The molecule has 3 aromatic heterocycles. The highest BCUT2D eigenvalue weighted by molar-refractivity contribution is 6.13. The van der Waals surface area contributed by atoms with Gasteiger partial charge in [-0.15, -0.1) is 0 Å². The summed E-state index contributed by atoms with van der Waals surface area (Å²) in [7, 11) is 0. The van der Waals surface area contributed by atoms with Gasteiger partial charge in [0.1, 0.15) is 19.0 Å². The van der Waals surface area contributed by atoms with Gasteiger partial charge in [0.25, 0.3) is 0 Å². The van der Waals surface area contributed by atoms with Crippen LogP contribution in [-0.2, 0) is 0 Å². The van der Waals surface area contributed by atoms with Crippen molar-refractivity contribution in [1.29, 1.82) is 0 Å². The number of rotatable bonds is 15. The van der Waals surface area contributed by atoms with Crippen molar-refractivity contribution in [1.82, 2.24) is 29.9 Å². The van der Waals surface area contributed by atoms with Gasteiger partial charge in [0.05, 0.1) is 22.3 Å². The van der Waals surface area contributed by atoms with E-state index in [1.807, 2.05) is 6.07 Å². The van der Waals surface area contributed by atoms with Crippen molar-refractivity contribution in [2.75, 3.05) is 0 Å². The van der Waals surface area contributed by atoms with Gasteiger partial charge in [-0.1, -0.05) is 345 Å². The number of nitrogens with zero attached hydrogens (tertiary/aromatic N) is 6. The minimum atomic E-state index is 0.689. The van der Waals surface area contributed by atoms with E-state index in [4.69, 9.17) is 0 Å². The Hall–Kier alpha value is -16.7. The Labute approximate surface area is 699 Å². The molecule has 0 N–H and O–H groups in total. The normalized spacial score (nSPS) is 10.7. The van der Waals surface area contributed by atoms with Crippen molar-refractivity contribution in [3.8, 4) is 202 Å². The van der Waals surface area contributed by atoms with Crippen LogP contribution in [0.2, 0.25) is 0 Å². The second-order valence-corrected chi connectivity index (χ2v) is 29.1. The van der Waals surface area contributed by atoms with E-state index < -0.39 is 0 Å². The quantitative estimate of drug-likeness (QED) is 0.0952. The van der Waals surface area contributed by atoms with Crippen LogP contribution in [0.15, 0.2) is 426 Å². The Morgan fingerprint density at radius 2 is 0.383 bits per heavy atom. The van der Waals surface area contributed by atoms with Gasteiger partial charge in [0.2, 0.25) is 0 Å². The molecule has 0 unspecified atom stereocenters. The summed E-state index contributed by atoms with van der Waals surface area (Å²) in [4.78, 5) is 25.5. The molecule has 6 nitrogen and oxygen atoms in total. The van der Waals surface area contributed by atoms with Gasteiger partial charge >= 0.3 is 0 Å². The van der Waals surface area contributed by atoms with Crippen LogP contribution in [-0.4, -0.2) is 29.9 Å². The highest BCUT2D eigenvalue weighted by Gasteiger charge is 2.30. The van der Waals surface area contributed by atoms with Crippen LogP contribution >= 0.6 is 0 Å². The predicted octanol–water partition coefficient (Wildman–Crippen LogP) is 26.9. The first-order valence-electron chi connectivity index (χ1n) is 39.8. The lowest BCUT2D eigenvalue weighted by molar-refractivity contribution is 1.16. The minimum Gasteiger partial charge on any atom is -0.244 e. The third kappa shape index (κ3) is 15.5. The van der Waals surface area contributed by atoms with E-state index in [-0.39, 0.29) is 0 Å². The van der Waals surface area contributed by atoms with Crippen molar-refractivity contribution in [3.05, 3.63) is 472 Å². The molecule has 120 heavy (non-hydrogen) atoms. The lowest BCUT2D eigenvalue weighted by Gasteiger charge is -2.27. The van der Waals surface area contributed by atoms with Gasteiger partial charge in [-0.05, 0) is 229 Å². The summed E-state index contributed by atoms with van der Waals surface area (Å²) in [6.07, 6.45) is 15.0. The fraction of sp³-hybridized carbons (Fsp3) is 0. The van der Waals surface area contributed by atoms with Crippen LogP contribution in [0.4, 0.5) is 0 Å². The summed E-state index contributed by atoms with van der Waals surface area (Å²) in [5, 5.41) is 0. The smallest absolute Gasteiger partial charge is 0.115 e. The lowest BCUT2D eigenvalue weighted by Crippen LogP contribution is -2.01. The van der Waals surface area contributed by atoms with Crippen LogP contribution in [0.3, 0.4) is 0 Å². The van der Waals surface area contributed by atoms with E-state index in [0.29, 0.717) is 11.1 Å². The van der Waals surface area contributed by atoms with E-state index in [1.54, 1.807) is 37.2 Å². The first kappa shape index (κ1) is 73.4. The maximum Gasteiger partial charge on any atom is 0.115 e. The molecule has 19 aromatic rings. The number of aromatic nitrogens is 6. The van der Waals surface area contributed by atoms with Crippen molar-refractivity contribution in [2.24, 2.45) is 0 Å². The van der Waals surface area contributed by atoms with Gasteiger partial charge in [-0.3, -0.25) is 0 Å². The number of hydrogen-bond acceptors (Lipinski definition) is 6. The van der Waals surface area contributed by atoms with Crippen molar-refractivity contribution >= 4 is 0 Å². The summed E-state index contributed by atoms with van der Waals surface area (Å²) < 4.78 is 0. The molecule has 0 saturated carbocycles. The predicted molar refractivity (Wildman–Crippen MR) is 490 cm³/mol. The van der Waals surface area contributed by atoms with E-state index in [9.17, 15) is 0 Å².